The SMILES string of the molecule is CC(C)(C)OC(=O)C1(C)CC/C(=C2\C(=O)C(=O)C=C(Cl)C2=O)N1O. The van der Waals surface area contributed by atoms with Gasteiger partial charge in [0.05, 0.1) is 16.3 Å². The van der Waals surface area contributed by atoms with Crippen LogP contribution in [0.1, 0.15) is 40.5 Å². The molecule has 0 radical (unpaired) electrons. The fraction of sp³-hybridized carbons (Fsp3) is 0.500. The van der Waals surface area contributed by atoms with Gasteiger partial charge in [-0.1, -0.05) is 11.6 Å². The van der Waals surface area contributed by atoms with Gasteiger partial charge in [0.25, 0.3) is 0 Å². The zero-order valence-electron chi connectivity index (χ0n) is 13.8. The Kier molecular flexibility index (Phi) is 4.45. The van der Waals surface area contributed by atoms with E-state index in [0.29, 0.717) is 5.06 Å². The summed E-state index contributed by atoms with van der Waals surface area (Å²) in [7, 11) is 0. The number of allylic oxidation sites excluding steroid dienone is 4. The van der Waals surface area contributed by atoms with Crippen molar-refractivity contribution in [3.05, 3.63) is 22.4 Å². The van der Waals surface area contributed by atoms with Crippen molar-refractivity contribution < 1.29 is 29.1 Å². The van der Waals surface area contributed by atoms with Crippen molar-refractivity contribution in [2.75, 3.05) is 0 Å². The van der Waals surface area contributed by atoms with Crippen molar-refractivity contribution >= 4 is 34.9 Å². The predicted molar refractivity (Wildman–Crippen MR) is 83.1 cm³/mol. The molecule has 0 aromatic rings. The molecule has 0 saturated carbocycles. The lowest BCUT2D eigenvalue weighted by Gasteiger charge is -2.33. The third-order valence-corrected chi connectivity index (χ3v) is 4.13. The quantitative estimate of drug-likeness (QED) is 0.330. The van der Waals surface area contributed by atoms with Crippen LogP contribution in [0.2, 0.25) is 0 Å². The van der Waals surface area contributed by atoms with Crippen molar-refractivity contribution in [1.29, 1.82) is 0 Å². The number of halogens is 1. The summed E-state index contributed by atoms with van der Waals surface area (Å²) in [5.41, 5.74) is -2.83. The van der Waals surface area contributed by atoms with E-state index in [0.717, 1.165) is 6.08 Å². The second-order valence-corrected chi connectivity index (χ2v) is 7.33. The minimum absolute atomic E-state index is 0.0521. The summed E-state index contributed by atoms with van der Waals surface area (Å²) in [5.74, 6) is -3.53. The van der Waals surface area contributed by atoms with Gasteiger partial charge >= 0.3 is 5.97 Å². The van der Waals surface area contributed by atoms with E-state index in [2.05, 4.69) is 0 Å². The van der Waals surface area contributed by atoms with Gasteiger partial charge in [-0.3, -0.25) is 19.6 Å². The highest BCUT2D eigenvalue weighted by atomic mass is 35.5. The number of rotatable bonds is 1. The molecule has 0 spiro atoms. The van der Waals surface area contributed by atoms with Crippen LogP contribution in [-0.4, -0.2) is 44.7 Å². The molecule has 1 saturated heterocycles. The molecule has 7 nitrogen and oxygen atoms in total. The van der Waals surface area contributed by atoms with E-state index in [9.17, 15) is 24.4 Å². The number of esters is 1. The van der Waals surface area contributed by atoms with Gasteiger partial charge in [-0.25, -0.2) is 9.86 Å². The monoisotopic (exact) mass is 355 g/mol. The van der Waals surface area contributed by atoms with Crippen LogP contribution in [0, 0.1) is 0 Å². The fourth-order valence-corrected chi connectivity index (χ4v) is 2.73. The maximum Gasteiger partial charge on any atom is 0.334 e. The number of hydrogen-bond acceptors (Lipinski definition) is 7. The summed E-state index contributed by atoms with van der Waals surface area (Å²) in [6, 6.07) is 0. The molecule has 0 aromatic carbocycles. The van der Waals surface area contributed by atoms with Crippen LogP contribution in [0.25, 0.3) is 0 Å². The van der Waals surface area contributed by atoms with Crippen molar-refractivity contribution in [3.8, 4) is 0 Å². The third-order valence-electron chi connectivity index (χ3n) is 3.85. The second kappa shape index (κ2) is 5.82. The molecule has 0 amide bonds. The molecule has 8 heteroatoms. The van der Waals surface area contributed by atoms with Gasteiger partial charge in [-0.15, -0.1) is 0 Å². The lowest BCUT2D eigenvalue weighted by atomic mass is 9.94. The summed E-state index contributed by atoms with van der Waals surface area (Å²) in [6.45, 7) is 6.48. The van der Waals surface area contributed by atoms with Crippen LogP contribution < -0.4 is 0 Å². The van der Waals surface area contributed by atoms with Gasteiger partial charge in [0.15, 0.2) is 5.54 Å². The Morgan fingerprint density at radius 3 is 2.42 bits per heavy atom. The Morgan fingerprint density at radius 2 is 1.88 bits per heavy atom. The Balaban J connectivity index is 2.44. The van der Waals surface area contributed by atoms with Crippen molar-refractivity contribution in [2.24, 2.45) is 0 Å². The lowest BCUT2D eigenvalue weighted by molar-refractivity contribution is -0.188. The molecule has 2 aliphatic rings. The number of hydrogen-bond donors (Lipinski definition) is 1. The molecule has 0 aromatic heterocycles. The first-order valence-corrected chi connectivity index (χ1v) is 7.72. The largest absolute Gasteiger partial charge is 0.458 e. The fourth-order valence-electron chi connectivity index (χ4n) is 2.53. The van der Waals surface area contributed by atoms with E-state index in [1.54, 1.807) is 20.8 Å². The van der Waals surface area contributed by atoms with Gasteiger partial charge < -0.3 is 4.74 Å². The predicted octanol–water partition coefficient (Wildman–Crippen LogP) is 1.67. The topological polar surface area (TPSA) is 101 Å². The zero-order valence-corrected chi connectivity index (χ0v) is 14.6. The van der Waals surface area contributed by atoms with E-state index >= 15 is 0 Å². The van der Waals surface area contributed by atoms with E-state index in [1.165, 1.54) is 6.92 Å². The second-order valence-electron chi connectivity index (χ2n) is 6.92. The summed E-state index contributed by atoms with van der Waals surface area (Å²) in [4.78, 5) is 48.2. The zero-order chi connectivity index (χ0) is 18.4. The van der Waals surface area contributed by atoms with Gasteiger partial charge in [0.1, 0.15) is 5.60 Å². The Labute approximate surface area is 143 Å². The third kappa shape index (κ3) is 3.01. The van der Waals surface area contributed by atoms with E-state index in [-0.39, 0.29) is 18.5 Å². The number of nitrogens with zero attached hydrogens (tertiary/aromatic N) is 1. The van der Waals surface area contributed by atoms with Crippen molar-refractivity contribution in [1.82, 2.24) is 5.06 Å². The molecule has 1 atom stereocenters. The number of carbonyl (C=O) groups excluding carboxylic acids is 4. The van der Waals surface area contributed by atoms with Crippen LogP contribution in [-0.2, 0) is 23.9 Å². The average molecular weight is 356 g/mol. The summed E-state index contributed by atoms with van der Waals surface area (Å²) in [5, 5.41) is 10.6. The highest BCUT2D eigenvalue weighted by Crippen LogP contribution is 2.39. The van der Waals surface area contributed by atoms with Crippen LogP contribution in [0.15, 0.2) is 22.4 Å². The Hall–Kier alpha value is -1.99. The summed E-state index contributed by atoms with van der Waals surface area (Å²) < 4.78 is 5.29. The van der Waals surface area contributed by atoms with Crippen LogP contribution in [0.3, 0.4) is 0 Å². The first-order valence-electron chi connectivity index (χ1n) is 7.35. The number of carbonyl (C=O) groups is 4. The molecule has 1 aliphatic heterocycles. The lowest BCUT2D eigenvalue weighted by Crippen LogP contribution is -2.49. The summed E-state index contributed by atoms with van der Waals surface area (Å²) >= 11 is 5.68. The number of hydroxylamine groups is 2. The first kappa shape index (κ1) is 18.4. The van der Waals surface area contributed by atoms with Gasteiger partial charge in [0.2, 0.25) is 17.3 Å². The molecule has 2 rings (SSSR count). The summed E-state index contributed by atoms with van der Waals surface area (Å²) in [6.07, 6.45) is 0.920. The highest BCUT2D eigenvalue weighted by Gasteiger charge is 2.50. The highest BCUT2D eigenvalue weighted by molar-refractivity contribution is 6.63. The normalized spacial score (nSPS) is 28.3. The minimum atomic E-state index is -1.47. The van der Waals surface area contributed by atoms with Crippen LogP contribution in [0.5, 0.6) is 0 Å². The molecule has 1 aliphatic carbocycles. The number of Topliss-reactive ketones (excluding diaryl/α,β-unsaturated/α-hetero) is 2. The standard InChI is InChI=1S/C16H18ClNO6/c1-15(2,3)24-14(22)16(4)6-5-9(18(16)23)11-12(20)8(17)7-10(19)13(11)21/h7,23H,5-6H2,1-4H3/b11-9+. The molecule has 0 bridgehead atoms. The first-order chi connectivity index (χ1) is 10.9. The van der Waals surface area contributed by atoms with Crippen LogP contribution in [0.4, 0.5) is 0 Å². The van der Waals surface area contributed by atoms with E-state index in [4.69, 9.17) is 16.3 Å². The smallest absolute Gasteiger partial charge is 0.334 e. The van der Waals surface area contributed by atoms with Gasteiger partial charge in [-0.2, -0.15) is 0 Å². The van der Waals surface area contributed by atoms with Crippen molar-refractivity contribution in [2.45, 2.75) is 51.7 Å². The maximum absolute atomic E-state index is 12.4. The number of ether oxygens (including phenoxy) is 1. The van der Waals surface area contributed by atoms with E-state index < -0.39 is 45.1 Å². The molecule has 24 heavy (non-hydrogen) atoms. The van der Waals surface area contributed by atoms with Gasteiger partial charge in [0, 0.05) is 6.08 Å². The Morgan fingerprint density at radius 1 is 1.29 bits per heavy atom. The van der Waals surface area contributed by atoms with Crippen LogP contribution >= 0.6 is 11.6 Å². The molecule has 1 heterocycles. The molecule has 130 valence electrons. The maximum atomic E-state index is 12.4. The number of ketones is 3. The molecule has 1 unspecified atom stereocenters. The van der Waals surface area contributed by atoms with E-state index in [1.807, 2.05) is 0 Å². The van der Waals surface area contributed by atoms with Gasteiger partial charge in [-0.05, 0) is 40.5 Å². The molecule has 1 N–H and O–H groups in total. The average Bonchev–Trinajstić information content (AvgIpc) is 2.74. The van der Waals surface area contributed by atoms with Crippen molar-refractivity contribution in [3.63, 3.8) is 0 Å². The minimum Gasteiger partial charge on any atom is -0.458 e. The molecule has 1 fully saturated rings. The molecular weight excluding hydrogens is 338 g/mol. The molecular formula is C16H18ClNO6. The Bertz CT molecular complexity index is 715.